The molecule has 0 aliphatic heterocycles. The van der Waals surface area contributed by atoms with E-state index in [1.807, 2.05) is 0 Å². The Morgan fingerprint density at radius 1 is 1.67 bits per heavy atom. The first-order valence-corrected chi connectivity index (χ1v) is 6.69. The van der Waals surface area contributed by atoms with Crippen LogP contribution in [0.4, 0.5) is 0 Å². The number of carbonyl (C=O) groups is 1. The minimum Gasteiger partial charge on any atom is -0.299 e. The Labute approximate surface area is 96.6 Å². The van der Waals surface area contributed by atoms with Gasteiger partial charge in [-0.15, -0.1) is 9.24 Å². The van der Waals surface area contributed by atoms with Gasteiger partial charge >= 0.3 is 0 Å². The van der Waals surface area contributed by atoms with Gasteiger partial charge < -0.3 is 0 Å². The van der Waals surface area contributed by atoms with E-state index in [4.69, 9.17) is 0 Å². The summed E-state index contributed by atoms with van der Waals surface area (Å²) in [5, 5.41) is 0. The lowest BCUT2D eigenvalue weighted by Crippen LogP contribution is -2.31. The van der Waals surface area contributed by atoms with Crippen molar-refractivity contribution in [2.24, 2.45) is 16.7 Å². The fraction of sp³-hybridized carbons (Fsp3) is 0.923. The molecule has 0 radical (unpaired) electrons. The molecule has 2 heteroatoms. The van der Waals surface area contributed by atoms with Gasteiger partial charge in [-0.1, -0.05) is 27.7 Å². The molecule has 1 saturated carbocycles. The van der Waals surface area contributed by atoms with Crippen LogP contribution >= 0.6 is 9.24 Å². The summed E-state index contributed by atoms with van der Waals surface area (Å²) >= 11 is 0. The second kappa shape index (κ2) is 4.17. The Morgan fingerprint density at radius 3 is 2.40 bits per heavy atom. The fourth-order valence-electron chi connectivity index (χ4n) is 2.37. The first-order chi connectivity index (χ1) is 6.76. The summed E-state index contributed by atoms with van der Waals surface area (Å²) in [6.07, 6.45) is 3.29. The van der Waals surface area contributed by atoms with Gasteiger partial charge in [0.1, 0.15) is 5.78 Å². The van der Waals surface area contributed by atoms with Crippen molar-refractivity contribution in [2.45, 2.75) is 59.5 Å². The summed E-state index contributed by atoms with van der Waals surface area (Å²) in [6, 6.07) is 0. The van der Waals surface area contributed by atoms with Crippen LogP contribution in [0.5, 0.6) is 0 Å². The largest absolute Gasteiger partial charge is 0.299 e. The van der Waals surface area contributed by atoms with Gasteiger partial charge in [0.15, 0.2) is 0 Å². The summed E-state index contributed by atoms with van der Waals surface area (Å²) in [5.41, 5.74) is 0.940. The lowest BCUT2D eigenvalue weighted by Gasteiger charge is -2.31. The van der Waals surface area contributed by atoms with Crippen LogP contribution in [0, 0.1) is 16.7 Å². The first-order valence-electron chi connectivity index (χ1n) is 6.03. The lowest BCUT2D eigenvalue weighted by molar-refractivity contribution is -0.126. The van der Waals surface area contributed by atoms with Gasteiger partial charge in [-0.3, -0.25) is 4.79 Å². The Morgan fingerprint density at radius 2 is 2.13 bits per heavy atom. The van der Waals surface area contributed by atoms with Crippen LogP contribution < -0.4 is 0 Å². The second-order valence-corrected chi connectivity index (χ2v) is 6.70. The number of hydrogen-bond acceptors (Lipinski definition) is 1. The van der Waals surface area contributed by atoms with Gasteiger partial charge in [-0.05, 0) is 43.2 Å². The number of carbonyl (C=O) groups excluding carboxylic acids is 1. The van der Waals surface area contributed by atoms with Crippen molar-refractivity contribution in [1.82, 2.24) is 0 Å². The highest BCUT2D eigenvalue weighted by atomic mass is 31.0. The molecule has 0 bridgehead atoms. The Balaban J connectivity index is 2.64. The zero-order valence-electron chi connectivity index (χ0n) is 10.8. The Bertz CT molecular complexity index is 263. The molecule has 0 amide bonds. The van der Waals surface area contributed by atoms with E-state index in [-0.39, 0.29) is 5.41 Å². The molecule has 5 unspecified atom stereocenters. The highest BCUT2D eigenvalue weighted by molar-refractivity contribution is 7.17. The molecule has 0 N–H and O–H groups in total. The predicted octanol–water partition coefficient (Wildman–Crippen LogP) is 3.67. The minimum absolute atomic E-state index is 0.113. The molecule has 0 spiro atoms. The third-order valence-corrected chi connectivity index (χ3v) is 5.86. The van der Waals surface area contributed by atoms with Crippen molar-refractivity contribution in [1.29, 1.82) is 0 Å². The van der Waals surface area contributed by atoms with Crippen molar-refractivity contribution in [3.63, 3.8) is 0 Å². The van der Waals surface area contributed by atoms with Crippen LogP contribution in [-0.2, 0) is 4.79 Å². The quantitative estimate of drug-likeness (QED) is 0.656. The molecule has 1 fully saturated rings. The van der Waals surface area contributed by atoms with Crippen LogP contribution in [0.1, 0.15) is 53.9 Å². The predicted molar refractivity (Wildman–Crippen MR) is 69.1 cm³/mol. The van der Waals surface area contributed by atoms with Gasteiger partial charge in [0, 0.05) is 5.41 Å². The Kier molecular flexibility index (Phi) is 3.66. The SMILES string of the molecule is CCC(C)(CC(P)C1(C)CC1C)C(C)=O. The average Bonchev–Trinajstić information content (AvgIpc) is 2.75. The Hall–Kier alpha value is 0.100. The molecular formula is C13H25OP. The van der Waals surface area contributed by atoms with Crippen LogP contribution in [0.2, 0.25) is 0 Å². The van der Waals surface area contributed by atoms with Crippen LogP contribution in [-0.4, -0.2) is 11.4 Å². The van der Waals surface area contributed by atoms with E-state index in [1.165, 1.54) is 6.42 Å². The van der Waals surface area contributed by atoms with Gasteiger partial charge in [0.2, 0.25) is 0 Å². The molecule has 1 aliphatic rings. The fourth-order valence-corrected chi connectivity index (χ4v) is 3.36. The molecule has 15 heavy (non-hydrogen) atoms. The monoisotopic (exact) mass is 228 g/mol. The van der Waals surface area contributed by atoms with Crippen molar-refractivity contribution in [3.05, 3.63) is 0 Å². The molecule has 1 nitrogen and oxygen atoms in total. The minimum atomic E-state index is -0.113. The zero-order chi connectivity index (χ0) is 11.9. The van der Waals surface area contributed by atoms with Crippen molar-refractivity contribution in [2.75, 3.05) is 0 Å². The van der Waals surface area contributed by atoms with Gasteiger partial charge in [0.25, 0.3) is 0 Å². The highest BCUT2D eigenvalue weighted by Crippen LogP contribution is 2.59. The van der Waals surface area contributed by atoms with Crippen LogP contribution in [0.15, 0.2) is 0 Å². The topological polar surface area (TPSA) is 17.1 Å². The van der Waals surface area contributed by atoms with Crippen molar-refractivity contribution in [3.8, 4) is 0 Å². The third-order valence-electron chi connectivity index (χ3n) is 4.86. The number of Topliss-reactive ketones (excluding diaryl/α,β-unsaturated/α-hetero) is 1. The van der Waals surface area contributed by atoms with E-state index >= 15 is 0 Å². The maximum atomic E-state index is 11.7. The molecule has 0 saturated heterocycles. The van der Waals surface area contributed by atoms with Crippen LogP contribution in [0.3, 0.4) is 0 Å². The molecule has 5 atom stereocenters. The molecule has 1 rings (SSSR count). The maximum absolute atomic E-state index is 11.7. The highest BCUT2D eigenvalue weighted by Gasteiger charge is 2.51. The molecule has 0 aromatic rings. The molecule has 0 aromatic carbocycles. The standard InChI is InChI=1S/C13H25OP/c1-6-12(4,10(3)14)8-11(15)13(5)7-9(13)2/h9,11H,6-8,15H2,1-5H3. The zero-order valence-corrected chi connectivity index (χ0v) is 11.9. The summed E-state index contributed by atoms with van der Waals surface area (Å²) in [7, 11) is 2.97. The summed E-state index contributed by atoms with van der Waals surface area (Å²) in [5.74, 6) is 1.17. The van der Waals surface area contributed by atoms with E-state index in [0.29, 0.717) is 16.9 Å². The molecular weight excluding hydrogens is 203 g/mol. The van der Waals surface area contributed by atoms with Crippen LogP contribution in [0.25, 0.3) is 0 Å². The van der Waals surface area contributed by atoms with E-state index in [9.17, 15) is 4.79 Å². The van der Waals surface area contributed by atoms with E-state index in [0.717, 1.165) is 18.8 Å². The molecule has 0 aromatic heterocycles. The van der Waals surface area contributed by atoms with Gasteiger partial charge in [0.05, 0.1) is 0 Å². The normalized spacial score (nSPS) is 35.7. The van der Waals surface area contributed by atoms with Gasteiger partial charge in [-0.25, -0.2) is 0 Å². The first kappa shape index (κ1) is 13.2. The third kappa shape index (κ3) is 2.44. The maximum Gasteiger partial charge on any atom is 0.135 e. The smallest absolute Gasteiger partial charge is 0.135 e. The number of hydrogen-bond donors (Lipinski definition) is 0. The average molecular weight is 228 g/mol. The number of rotatable bonds is 5. The lowest BCUT2D eigenvalue weighted by atomic mass is 9.76. The molecule has 1 aliphatic carbocycles. The van der Waals surface area contributed by atoms with E-state index < -0.39 is 0 Å². The molecule has 0 heterocycles. The summed E-state index contributed by atoms with van der Waals surface area (Å²) < 4.78 is 0. The van der Waals surface area contributed by atoms with E-state index in [1.54, 1.807) is 6.92 Å². The molecule has 88 valence electrons. The second-order valence-electron chi connectivity index (χ2n) is 5.89. The summed E-state index contributed by atoms with van der Waals surface area (Å²) in [6.45, 7) is 10.6. The van der Waals surface area contributed by atoms with E-state index in [2.05, 4.69) is 36.9 Å². The number of ketones is 1. The van der Waals surface area contributed by atoms with Gasteiger partial charge in [-0.2, -0.15) is 0 Å². The summed E-state index contributed by atoms with van der Waals surface area (Å²) in [4.78, 5) is 11.7. The van der Waals surface area contributed by atoms with Crippen molar-refractivity contribution >= 4 is 15.0 Å². The van der Waals surface area contributed by atoms with Crippen molar-refractivity contribution < 1.29 is 4.79 Å².